The van der Waals surface area contributed by atoms with Gasteiger partial charge in [0.05, 0.1) is 6.07 Å². The first-order valence-electron chi connectivity index (χ1n) is 10.3. The summed E-state index contributed by atoms with van der Waals surface area (Å²) in [6, 6.07) is 23.9. The summed E-state index contributed by atoms with van der Waals surface area (Å²) in [6.07, 6.45) is 7.79. The highest BCUT2D eigenvalue weighted by atomic mass is 15.1. The molecule has 1 saturated heterocycles. The summed E-state index contributed by atoms with van der Waals surface area (Å²) in [6.45, 7) is 3.53. The summed E-state index contributed by atoms with van der Waals surface area (Å²) in [7, 11) is 0. The van der Waals surface area contributed by atoms with Gasteiger partial charge in [-0.15, -0.1) is 0 Å². The van der Waals surface area contributed by atoms with E-state index in [0.717, 1.165) is 32.4 Å². The van der Waals surface area contributed by atoms with E-state index in [0.29, 0.717) is 6.42 Å². The number of hydrogen-bond acceptors (Lipinski definition) is 2. The molecule has 27 heavy (non-hydrogen) atoms. The minimum atomic E-state index is 0.708. The van der Waals surface area contributed by atoms with Crippen LogP contribution in [-0.2, 0) is 0 Å². The molecular weight excluding hydrogens is 328 g/mol. The predicted octanol–water partition coefficient (Wildman–Crippen LogP) is 6.06. The van der Waals surface area contributed by atoms with Crippen LogP contribution in [0.1, 0.15) is 56.1 Å². The molecule has 2 heteroatoms. The monoisotopic (exact) mass is 358 g/mol. The molecule has 0 aliphatic carbocycles. The average molecular weight is 359 g/mol. The van der Waals surface area contributed by atoms with E-state index < -0.39 is 0 Å². The minimum Gasteiger partial charge on any atom is -0.303 e. The van der Waals surface area contributed by atoms with E-state index in [2.05, 4.69) is 71.6 Å². The van der Waals surface area contributed by atoms with Crippen molar-refractivity contribution in [2.75, 3.05) is 19.6 Å². The molecule has 0 aromatic heterocycles. The second-order valence-corrected chi connectivity index (χ2v) is 7.37. The lowest BCUT2D eigenvalue weighted by molar-refractivity contribution is 0.251. The second kappa shape index (κ2) is 10.7. The summed E-state index contributed by atoms with van der Waals surface area (Å²) in [5, 5.41) is 8.60. The van der Waals surface area contributed by atoms with Crippen LogP contribution in [0, 0.1) is 11.3 Å². The van der Waals surface area contributed by atoms with Gasteiger partial charge < -0.3 is 4.90 Å². The summed E-state index contributed by atoms with van der Waals surface area (Å²) < 4.78 is 0. The molecule has 2 aromatic rings. The Morgan fingerprint density at radius 1 is 0.778 bits per heavy atom. The Hall–Kier alpha value is -2.37. The number of benzene rings is 2. The zero-order valence-corrected chi connectivity index (χ0v) is 16.2. The van der Waals surface area contributed by atoms with Crippen molar-refractivity contribution in [2.45, 2.75) is 44.9 Å². The molecular formula is C25H30N2. The van der Waals surface area contributed by atoms with Crippen molar-refractivity contribution in [2.24, 2.45) is 0 Å². The Morgan fingerprint density at radius 3 is 1.89 bits per heavy atom. The highest BCUT2D eigenvalue weighted by Crippen LogP contribution is 2.32. The fourth-order valence-corrected chi connectivity index (χ4v) is 3.97. The third-order valence-electron chi connectivity index (χ3n) is 5.45. The van der Waals surface area contributed by atoms with Crippen LogP contribution in [0.3, 0.4) is 0 Å². The molecule has 0 spiro atoms. The predicted molar refractivity (Wildman–Crippen MR) is 113 cm³/mol. The van der Waals surface area contributed by atoms with Crippen molar-refractivity contribution >= 4 is 5.57 Å². The van der Waals surface area contributed by atoms with Crippen molar-refractivity contribution in [1.29, 1.82) is 5.26 Å². The fraction of sp³-hybridized carbons (Fsp3) is 0.400. The lowest BCUT2D eigenvalue weighted by Crippen LogP contribution is -2.32. The zero-order valence-electron chi connectivity index (χ0n) is 16.2. The van der Waals surface area contributed by atoms with E-state index in [4.69, 9.17) is 5.26 Å². The van der Waals surface area contributed by atoms with Gasteiger partial charge in [0.1, 0.15) is 0 Å². The molecule has 1 aliphatic rings. The smallest absolute Gasteiger partial charge is 0.0621 e. The number of unbranched alkanes of at least 4 members (excludes halogenated alkanes) is 4. The van der Waals surface area contributed by atoms with Gasteiger partial charge in [-0.2, -0.15) is 5.26 Å². The first kappa shape index (κ1) is 19.4. The van der Waals surface area contributed by atoms with Crippen LogP contribution in [-0.4, -0.2) is 24.5 Å². The van der Waals surface area contributed by atoms with Crippen molar-refractivity contribution in [3.8, 4) is 6.07 Å². The normalized spacial score (nSPS) is 14.7. The molecule has 3 rings (SSSR count). The number of nitrogens with zero attached hydrogens (tertiary/aromatic N) is 2. The first-order chi connectivity index (χ1) is 13.4. The molecule has 0 radical (unpaired) electrons. The van der Waals surface area contributed by atoms with Crippen LogP contribution >= 0.6 is 0 Å². The standard InChI is InChI=1S/C25H30N2/c26-18-10-2-1-3-11-19-27-20-16-24(17-21-27)25(22-12-6-4-7-13-22)23-14-8-5-9-15-23/h4-9,12-15H,1-3,10-11,16-17,19-21H2. The SMILES string of the molecule is N#CCCCCCCN1CCC(=C(c2ccccc2)c2ccccc2)CC1. The summed E-state index contributed by atoms with van der Waals surface area (Å²) in [4.78, 5) is 2.61. The number of likely N-dealkylation sites (tertiary alicyclic amines) is 1. The molecule has 0 bridgehead atoms. The van der Waals surface area contributed by atoms with Crippen LogP contribution in [0.4, 0.5) is 0 Å². The second-order valence-electron chi connectivity index (χ2n) is 7.37. The van der Waals surface area contributed by atoms with Crippen molar-refractivity contribution in [1.82, 2.24) is 4.90 Å². The highest BCUT2D eigenvalue weighted by Gasteiger charge is 2.18. The van der Waals surface area contributed by atoms with Gasteiger partial charge in [-0.1, -0.05) is 79.1 Å². The van der Waals surface area contributed by atoms with Gasteiger partial charge in [-0.05, 0) is 48.9 Å². The van der Waals surface area contributed by atoms with Gasteiger partial charge in [-0.3, -0.25) is 0 Å². The summed E-state index contributed by atoms with van der Waals surface area (Å²) in [5.74, 6) is 0. The first-order valence-corrected chi connectivity index (χ1v) is 10.3. The van der Waals surface area contributed by atoms with E-state index >= 15 is 0 Å². The van der Waals surface area contributed by atoms with E-state index in [1.54, 1.807) is 5.57 Å². The van der Waals surface area contributed by atoms with Crippen LogP contribution in [0.5, 0.6) is 0 Å². The number of hydrogen-bond donors (Lipinski definition) is 0. The number of piperidine rings is 1. The van der Waals surface area contributed by atoms with Gasteiger partial charge in [-0.25, -0.2) is 0 Å². The summed E-state index contributed by atoms with van der Waals surface area (Å²) in [5.41, 5.74) is 5.71. The molecule has 0 amide bonds. The van der Waals surface area contributed by atoms with Gasteiger partial charge in [0.15, 0.2) is 0 Å². The minimum absolute atomic E-state index is 0.708. The van der Waals surface area contributed by atoms with Crippen LogP contribution < -0.4 is 0 Å². The van der Waals surface area contributed by atoms with E-state index in [9.17, 15) is 0 Å². The Bertz CT molecular complexity index is 704. The molecule has 1 fully saturated rings. The van der Waals surface area contributed by atoms with E-state index in [-0.39, 0.29) is 0 Å². The third-order valence-corrected chi connectivity index (χ3v) is 5.45. The van der Waals surface area contributed by atoms with E-state index in [1.165, 1.54) is 42.5 Å². The number of nitriles is 1. The van der Waals surface area contributed by atoms with Gasteiger partial charge in [0, 0.05) is 19.5 Å². The van der Waals surface area contributed by atoms with Crippen LogP contribution in [0.2, 0.25) is 0 Å². The fourth-order valence-electron chi connectivity index (χ4n) is 3.97. The molecule has 0 unspecified atom stereocenters. The Balaban J connectivity index is 1.62. The lowest BCUT2D eigenvalue weighted by Gasteiger charge is -2.30. The largest absolute Gasteiger partial charge is 0.303 e. The molecule has 0 atom stereocenters. The summed E-state index contributed by atoms with van der Waals surface area (Å²) >= 11 is 0. The average Bonchev–Trinajstić information content (AvgIpc) is 2.73. The zero-order chi connectivity index (χ0) is 18.7. The molecule has 1 heterocycles. The van der Waals surface area contributed by atoms with Crippen molar-refractivity contribution in [3.63, 3.8) is 0 Å². The Labute approximate surface area is 164 Å². The molecule has 1 aliphatic heterocycles. The maximum atomic E-state index is 8.60. The third kappa shape index (κ3) is 5.81. The van der Waals surface area contributed by atoms with Gasteiger partial charge in [0.25, 0.3) is 0 Å². The van der Waals surface area contributed by atoms with Crippen molar-refractivity contribution < 1.29 is 0 Å². The Morgan fingerprint density at radius 2 is 1.33 bits per heavy atom. The molecule has 2 aromatic carbocycles. The molecule has 0 N–H and O–H groups in total. The van der Waals surface area contributed by atoms with Gasteiger partial charge >= 0.3 is 0 Å². The topological polar surface area (TPSA) is 27.0 Å². The lowest BCUT2D eigenvalue weighted by atomic mass is 9.88. The Kier molecular flexibility index (Phi) is 7.69. The maximum Gasteiger partial charge on any atom is 0.0621 e. The van der Waals surface area contributed by atoms with Crippen LogP contribution in [0.25, 0.3) is 5.57 Å². The quantitative estimate of drug-likeness (QED) is 0.536. The molecule has 140 valence electrons. The molecule has 2 nitrogen and oxygen atoms in total. The molecule has 0 saturated carbocycles. The highest BCUT2D eigenvalue weighted by molar-refractivity contribution is 5.82. The maximum absolute atomic E-state index is 8.60. The van der Waals surface area contributed by atoms with Crippen LogP contribution in [0.15, 0.2) is 66.2 Å². The van der Waals surface area contributed by atoms with Crippen molar-refractivity contribution in [3.05, 3.63) is 77.4 Å². The van der Waals surface area contributed by atoms with Gasteiger partial charge in [0.2, 0.25) is 0 Å². The van der Waals surface area contributed by atoms with E-state index in [1.807, 2.05) is 0 Å². The number of rotatable bonds is 8.